The lowest BCUT2D eigenvalue weighted by Gasteiger charge is -2.12. The SMILES string of the molecule is CCCCN1C(=O)c2ccc(C(=O)Nc3ccc(OCCN)cc3)cc2C1=O. The van der Waals surface area contributed by atoms with Crippen molar-refractivity contribution < 1.29 is 19.1 Å². The zero-order valence-corrected chi connectivity index (χ0v) is 15.7. The number of rotatable bonds is 8. The van der Waals surface area contributed by atoms with Gasteiger partial charge in [-0.25, -0.2) is 0 Å². The molecular formula is C21H23N3O4. The van der Waals surface area contributed by atoms with Gasteiger partial charge in [-0.1, -0.05) is 13.3 Å². The summed E-state index contributed by atoms with van der Waals surface area (Å²) in [5.41, 5.74) is 6.93. The Hall–Kier alpha value is -3.19. The number of unbranched alkanes of at least 4 members (excludes halogenated alkanes) is 1. The molecule has 28 heavy (non-hydrogen) atoms. The number of carbonyl (C=O) groups excluding carboxylic acids is 3. The predicted octanol–water partition coefficient (Wildman–Crippen LogP) is 2.67. The van der Waals surface area contributed by atoms with Gasteiger partial charge in [-0.15, -0.1) is 0 Å². The molecule has 0 bridgehead atoms. The van der Waals surface area contributed by atoms with Crippen molar-refractivity contribution in [3.63, 3.8) is 0 Å². The smallest absolute Gasteiger partial charge is 0.261 e. The van der Waals surface area contributed by atoms with Crippen molar-refractivity contribution in [3.8, 4) is 5.75 Å². The normalized spacial score (nSPS) is 12.9. The number of carbonyl (C=O) groups is 3. The van der Waals surface area contributed by atoms with Crippen molar-refractivity contribution in [2.75, 3.05) is 25.0 Å². The number of ether oxygens (including phenoxy) is 1. The number of nitrogens with two attached hydrogens (primary N) is 1. The standard InChI is InChI=1S/C21H23N3O4/c1-2-3-11-24-20(26)17-9-4-14(13-18(17)21(24)27)19(25)23-15-5-7-16(8-6-15)28-12-10-22/h4-9,13H,2-3,10-12,22H2,1H3,(H,23,25). The van der Waals surface area contributed by atoms with E-state index in [1.807, 2.05) is 6.92 Å². The van der Waals surface area contributed by atoms with Crippen molar-refractivity contribution in [2.24, 2.45) is 5.73 Å². The van der Waals surface area contributed by atoms with Crippen LogP contribution in [0.2, 0.25) is 0 Å². The molecule has 3 rings (SSSR count). The van der Waals surface area contributed by atoms with Gasteiger partial charge in [0.1, 0.15) is 12.4 Å². The molecule has 2 aromatic rings. The average Bonchev–Trinajstić information content (AvgIpc) is 2.95. The van der Waals surface area contributed by atoms with Crippen LogP contribution in [0.25, 0.3) is 0 Å². The molecule has 0 spiro atoms. The Labute approximate surface area is 163 Å². The highest BCUT2D eigenvalue weighted by Crippen LogP contribution is 2.25. The van der Waals surface area contributed by atoms with E-state index < -0.39 is 0 Å². The van der Waals surface area contributed by atoms with Crippen LogP contribution in [0.1, 0.15) is 50.8 Å². The minimum atomic E-state index is -0.356. The molecule has 1 aliphatic rings. The summed E-state index contributed by atoms with van der Waals surface area (Å²) in [5.74, 6) is -0.332. The molecule has 0 aliphatic carbocycles. The lowest BCUT2D eigenvalue weighted by molar-refractivity contribution is 0.0652. The summed E-state index contributed by atoms with van der Waals surface area (Å²) < 4.78 is 5.40. The van der Waals surface area contributed by atoms with Crippen molar-refractivity contribution in [1.82, 2.24) is 4.90 Å². The Morgan fingerprint density at radius 3 is 2.46 bits per heavy atom. The van der Waals surface area contributed by atoms with Crippen molar-refractivity contribution >= 4 is 23.4 Å². The summed E-state index contributed by atoms with van der Waals surface area (Å²) >= 11 is 0. The third-order valence-corrected chi connectivity index (χ3v) is 4.47. The van der Waals surface area contributed by atoms with E-state index in [1.165, 1.54) is 11.0 Å². The second-order valence-electron chi connectivity index (χ2n) is 6.49. The Bertz CT molecular complexity index is 893. The number of hydrogen-bond acceptors (Lipinski definition) is 5. The maximum Gasteiger partial charge on any atom is 0.261 e. The molecule has 0 atom stereocenters. The van der Waals surface area contributed by atoms with Crippen LogP contribution in [0.4, 0.5) is 5.69 Å². The highest BCUT2D eigenvalue weighted by Gasteiger charge is 2.35. The van der Waals surface area contributed by atoms with Gasteiger partial charge in [-0.2, -0.15) is 0 Å². The van der Waals surface area contributed by atoms with Crippen LogP contribution >= 0.6 is 0 Å². The predicted molar refractivity (Wildman–Crippen MR) is 106 cm³/mol. The number of imide groups is 1. The molecule has 3 amide bonds. The molecule has 3 N–H and O–H groups in total. The van der Waals surface area contributed by atoms with Gasteiger partial charge in [0.05, 0.1) is 11.1 Å². The van der Waals surface area contributed by atoms with E-state index in [1.54, 1.807) is 36.4 Å². The second kappa shape index (κ2) is 8.67. The summed E-state index contributed by atoms with van der Waals surface area (Å²) in [6.45, 7) is 3.23. The van der Waals surface area contributed by atoms with Gasteiger partial charge in [0.2, 0.25) is 0 Å². The Kier molecular flexibility index (Phi) is 6.06. The average molecular weight is 381 g/mol. The van der Waals surface area contributed by atoms with E-state index in [9.17, 15) is 14.4 Å². The summed E-state index contributed by atoms with van der Waals surface area (Å²) in [6, 6.07) is 11.5. The summed E-state index contributed by atoms with van der Waals surface area (Å²) in [4.78, 5) is 38.7. The van der Waals surface area contributed by atoms with Crippen LogP contribution in [-0.2, 0) is 0 Å². The van der Waals surface area contributed by atoms with Crippen molar-refractivity contribution in [2.45, 2.75) is 19.8 Å². The van der Waals surface area contributed by atoms with Gasteiger partial charge >= 0.3 is 0 Å². The van der Waals surface area contributed by atoms with Crippen LogP contribution in [0.5, 0.6) is 5.75 Å². The third kappa shape index (κ3) is 4.04. The van der Waals surface area contributed by atoms with Crippen LogP contribution in [0.3, 0.4) is 0 Å². The molecule has 2 aromatic carbocycles. The van der Waals surface area contributed by atoms with E-state index in [4.69, 9.17) is 10.5 Å². The monoisotopic (exact) mass is 381 g/mol. The molecule has 1 aliphatic heterocycles. The first-order valence-electron chi connectivity index (χ1n) is 9.29. The van der Waals surface area contributed by atoms with Gasteiger partial charge in [0.25, 0.3) is 17.7 Å². The fourth-order valence-corrected chi connectivity index (χ4v) is 2.97. The molecule has 7 nitrogen and oxygen atoms in total. The van der Waals surface area contributed by atoms with E-state index in [0.29, 0.717) is 42.3 Å². The molecule has 0 saturated heterocycles. The second-order valence-corrected chi connectivity index (χ2v) is 6.49. The zero-order chi connectivity index (χ0) is 20.1. The first-order chi connectivity index (χ1) is 13.5. The van der Waals surface area contributed by atoms with E-state index in [-0.39, 0.29) is 23.3 Å². The number of fused-ring (bicyclic) bond motifs is 1. The quantitative estimate of drug-likeness (QED) is 0.685. The fraction of sp³-hybridized carbons (Fsp3) is 0.286. The number of benzene rings is 2. The number of anilines is 1. The van der Waals surface area contributed by atoms with Crippen LogP contribution < -0.4 is 15.8 Å². The minimum absolute atomic E-state index is 0.277. The van der Waals surface area contributed by atoms with Crippen molar-refractivity contribution in [1.29, 1.82) is 0 Å². The molecule has 0 fully saturated rings. The number of nitrogens with zero attached hydrogens (tertiary/aromatic N) is 1. The van der Waals surface area contributed by atoms with Crippen LogP contribution in [-0.4, -0.2) is 42.3 Å². The number of hydrogen-bond donors (Lipinski definition) is 2. The molecule has 0 saturated carbocycles. The van der Waals surface area contributed by atoms with Crippen molar-refractivity contribution in [3.05, 3.63) is 59.2 Å². The molecule has 7 heteroatoms. The number of amides is 3. The van der Waals surface area contributed by atoms with Gasteiger partial charge in [0.15, 0.2) is 0 Å². The van der Waals surface area contributed by atoms with Crippen LogP contribution in [0.15, 0.2) is 42.5 Å². The zero-order valence-electron chi connectivity index (χ0n) is 15.7. The lowest BCUT2D eigenvalue weighted by Crippen LogP contribution is -2.30. The van der Waals surface area contributed by atoms with E-state index >= 15 is 0 Å². The first kappa shape index (κ1) is 19.6. The third-order valence-electron chi connectivity index (χ3n) is 4.47. The minimum Gasteiger partial charge on any atom is -0.492 e. The summed E-state index contributed by atoms with van der Waals surface area (Å²) in [6.07, 6.45) is 1.64. The Morgan fingerprint density at radius 1 is 1.07 bits per heavy atom. The highest BCUT2D eigenvalue weighted by atomic mass is 16.5. The first-order valence-corrected chi connectivity index (χ1v) is 9.29. The summed E-state index contributed by atoms with van der Waals surface area (Å²) in [7, 11) is 0. The fourth-order valence-electron chi connectivity index (χ4n) is 2.97. The topological polar surface area (TPSA) is 102 Å². The Balaban J connectivity index is 1.72. The van der Waals surface area contributed by atoms with Gasteiger partial charge in [-0.3, -0.25) is 19.3 Å². The largest absolute Gasteiger partial charge is 0.492 e. The van der Waals surface area contributed by atoms with E-state index in [0.717, 1.165) is 12.8 Å². The van der Waals surface area contributed by atoms with Crippen LogP contribution in [0, 0.1) is 0 Å². The molecule has 146 valence electrons. The van der Waals surface area contributed by atoms with Gasteiger partial charge in [0, 0.05) is 24.3 Å². The lowest BCUT2D eigenvalue weighted by atomic mass is 10.1. The summed E-state index contributed by atoms with van der Waals surface area (Å²) in [5, 5.41) is 2.78. The van der Waals surface area contributed by atoms with Gasteiger partial charge in [-0.05, 0) is 48.9 Å². The van der Waals surface area contributed by atoms with E-state index in [2.05, 4.69) is 5.32 Å². The molecule has 0 aromatic heterocycles. The molecule has 0 unspecified atom stereocenters. The highest BCUT2D eigenvalue weighted by molar-refractivity contribution is 6.22. The molecule has 1 heterocycles. The molecular weight excluding hydrogens is 358 g/mol. The molecule has 0 radical (unpaired) electrons. The maximum absolute atomic E-state index is 12.5. The maximum atomic E-state index is 12.5. The Morgan fingerprint density at radius 2 is 1.79 bits per heavy atom. The van der Waals surface area contributed by atoms with Gasteiger partial charge < -0.3 is 15.8 Å². The number of nitrogens with one attached hydrogen (secondary N) is 1.